The molecule has 0 saturated carbocycles. The van der Waals surface area contributed by atoms with Crippen molar-refractivity contribution in [1.82, 2.24) is 5.32 Å². The topological polar surface area (TPSA) is 21.3 Å². The molecule has 0 amide bonds. The molecule has 0 aromatic rings. The predicted octanol–water partition coefficient (Wildman–Crippen LogP) is 1.41. The van der Waals surface area contributed by atoms with Crippen molar-refractivity contribution in [2.24, 2.45) is 5.92 Å². The molecule has 2 heteroatoms. The Morgan fingerprint density at radius 1 is 1.64 bits per heavy atom. The predicted molar refractivity (Wildman–Crippen MR) is 46.7 cm³/mol. The van der Waals surface area contributed by atoms with Gasteiger partial charge in [0, 0.05) is 19.3 Å². The van der Waals surface area contributed by atoms with Gasteiger partial charge in [0.25, 0.3) is 0 Å². The first-order valence-corrected chi connectivity index (χ1v) is 4.58. The summed E-state index contributed by atoms with van der Waals surface area (Å²) in [6.45, 7) is 4.19. The van der Waals surface area contributed by atoms with Gasteiger partial charge < -0.3 is 10.1 Å². The number of nitrogens with one attached hydrogen (secondary N) is 1. The van der Waals surface area contributed by atoms with Crippen LogP contribution in [0, 0.1) is 5.92 Å². The van der Waals surface area contributed by atoms with Crippen LogP contribution >= 0.6 is 0 Å². The summed E-state index contributed by atoms with van der Waals surface area (Å²) in [4.78, 5) is 0. The average molecular weight is 157 g/mol. The van der Waals surface area contributed by atoms with E-state index in [-0.39, 0.29) is 0 Å². The Labute approximate surface area is 69.3 Å². The van der Waals surface area contributed by atoms with E-state index in [9.17, 15) is 0 Å². The highest BCUT2D eigenvalue weighted by Gasteiger charge is 2.15. The van der Waals surface area contributed by atoms with Gasteiger partial charge in [0.05, 0.1) is 0 Å². The Hall–Kier alpha value is -0.0800. The standard InChI is InChI=1S/C9H19NO/c1-8(10-2)6-9-4-3-5-11-7-9/h8-10H,3-7H2,1-2H3/t8-,9-/m1/s1. The highest BCUT2D eigenvalue weighted by molar-refractivity contribution is 4.68. The molecule has 0 aromatic carbocycles. The third-order valence-electron chi connectivity index (χ3n) is 2.43. The van der Waals surface area contributed by atoms with Crippen molar-refractivity contribution < 1.29 is 4.74 Å². The molecule has 1 aliphatic heterocycles. The molecule has 0 bridgehead atoms. The van der Waals surface area contributed by atoms with Crippen LogP contribution in [0.2, 0.25) is 0 Å². The molecule has 2 nitrogen and oxygen atoms in total. The molecule has 0 aromatic heterocycles. The maximum Gasteiger partial charge on any atom is 0.0494 e. The first-order valence-electron chi connectivity index (χ1n) is 4.58. The van der Waals surface area contributed by atoms with E-state index in [4.69, 9.17) is 4.74 Å². The van der Waals surface area contributed by atoms with Crippen LogP contribution in [0.4, 0.5) is 0 Å². The summed E-state index contributed by atoms with van der Waals surface area (Å²) in [6, 6.07) is 0.640. The van der Waals surface area contributed by atoms with E-state index in [2.05, 4.69) is 12.2 Å². The fraction of sp³-hybridized carbons (Fsp3) is 1.00. The first-order chi connectivity index (χ1) is 5.33. The number of rotatable bonds is 3. The quantitative estimate of drug-likeness (QED) is 0.669. The maximum atomic E-state index is 5.40. The molecule has 0 radical (unpaired) electrons. The second-order valence-electron chi connectivity index (χ2n) is 3.51. The van der Waals surface area contributed by atoms with Crippen molar-refractivity contribution in [3.05, 3.63) is 0 Å². The largest absolute Gasteiger partial charge is 0.381 e. The molecular formula is C9H19NO. The minimum absolute atomic E-state index is 0.640. The van der Waals surface area contributed by atoms with Gasteiger partial charge in [0.2, 0.25) is 0 Å². The summed E-state index contributed by atoms with van der Waals surface area (Å²) >= 11 is 0. The molecule has 0 unspecified atom stereocenters. The van der Waals surface area contributed by atoms with Gasteiger partial charge >= 0.3 is 0 Å². The van der Waals surface area contributed by atoms with Crippen molar-refractivity contribution in [2.75, 3.05) is 20.3 Å². The van der Waals surface area contributed by atoms with Crippen LogP contribution in [0.25, 0.3) is 0 Å². The second-order valence-corrected chi connectivity index (χ2v) is 3.51. The van der Waals surface area contributed by atoms with Crippen LogP contribution in [0.1, 0.15) is 26.2 Å². The van der Waals surface area contributed by atoms with E-state index in [1.807, 2.05) is 7.05 Å². The van der Waals surface area contributed by atoms with Gasteiger partial charge in [-0.05, 0) is 39.2 Å². The van der Waals surface area contributed by atoms with Gasteiger partial charge in [-0.15, -0.1) is 0 Å². The molecule has 11 heavy (non-hydrogen) atoms. The van der Waals surface area contributed by atoms with E-state index in [0.717, 1.165) is 19.1 Å². The zero-order valence-electron chi connectivity index (χ0n) is 7.60. The Bertz CT molecular complexity index is 99.7. The van der Waals surface area contributed by atoms with Crippen molar-refractivity contribution in [2.45, 2.75) is 32.2 Å². The van der Waals surface area contributed by atoms with Gasteiger partial charge in [-0.3, -0.25) is 0 Å². The van der Waals surface area contributed by atoms with Gasteiger partial charge in [0.1, 0.15) is 0 Å². The lowest BCUT2D eigenvalue weighted by atomic mass is 9.95. The summed E-state index contributed by atoms with van der Waals surface area (Å²) < 4.78 is 5.40. The van der Waals surface area contributed by atoms with E-state index >= 15 is 0 Å². The molecule has 1 saturated heterocycles. The number of hydrogen-bond acceptors (Lipinski definition) is 2. The first kappa shape index (κ1) is 9.01. The van der Waals surface area contributed by atoms with Crippen LogP contribution in [0.5, 0.6) is 0 Å². The Kier molecular flexibility index (Phi) is 3.87. The molecule has 0 spiro atoms. The average Bonchev–Trinajstić information content (AvgIpc) is 2.06. The minimum Gasteiger partial charge on any atom is -0.381 e. The van der Waals surface area contributed by atoms with Crippen LogP contribution in [0.3, 0.4) is 0 Å². The second kappa shape index (κ2) is 4.73. The van der Waals surface area contributed by atoms with Crippen LogP contribution < -0.4 is 5.32 Å². The molecule has 1 fully saturated rings. The van der Waals surface area contributed by atoms with Gasteiger partial charge in [-0.25, -0.2) is 0 Å². The molecule has 1 N–H and O–H groups in total. The zero-order chi connectivity index (χ0) is 8.10. The molecule has 66 valence electrons. The molecule has 1 heterocycles. The lowest BCUT2D eigenvalue weighted by Crippen LogP contribution is -2.28. The Morgan fingerprint density at radius 2 is 2.45 bits per heavy atom. The van der Waals surface area contributed by atoms with Crippen molar-refractivity contribution >= 4 is 0 Å². The Morgan fingerprint density at radius 3 is 3.00 bits per heavy atom. The van der Waals surface area contributed by atoms with Crippen LogP contribution in [0.15, 0.2) is 0 Å². The summed E-state index contributed by atoms with van der Waals surface area (Å²) in [7, 11) is 2.02. The van der Waals surface area contributed by atoms with Crippen molar-refractivity contribution in [1.29, 1.82) is 0 Å². The monoisotopic (exact) mass is 157 g/mol. The highest BCUT2D eigenvalue weighted by atomic mass is 16.5. The number of hydrogen-bond donors (Lipinski definition) is 1. The summed E-state index contributed by atoms with van der Waals surface area (Å²) in [5.41, 5.74) is 0. The van der Waals surface area contributed by atoms with E-state index < -0.39 is 0 Å². The zero-order valence-corrected chi connectivity index (χ0v) is 7.60. The SMILES string of the molecule is CN[C@H](C)C[C@H]1CCCOC1. The van der Waals surface area contributed by atoms with Crippen molar-refractivity contribution in [3.8, 4) is 0 Å². The number of ether oxygens (including phenoxy) is 1. The van der Waals surface area contributed by atoms with Crippen LogP contribution in [-0.4, -0.2) is 26.3 Å². The maximum absolute atomic E-state index is 5.40. The lowest BCUT2D eigenvalue weighted by molar-refractivity contribution is 0.0486. The van der Waals surface area contributed by atoms with Crippen LogP contribution in [-0.2, 0) is 4.74 Å². The lowest BCUT2D eigenvalue weighted by Gasteiger charge is -2.24. The summed E-state index contributed by atoms with van der Waals surface area (Å²) in [5, 5.41) is 3.26. The fourth-order valence-corrected chi connectivity index (χ4v) is 1.61. The van der Waals surface area contributed by atoms with Gasteiger partial charge in [-0.2, -0.15) is 0 Å². The Balaban J connectivity index is 2.13. The smallest absolute Gasteiger partial charge is 0.0494 e. The van der Waals surface area contributed by atoms with E-state index in [1.165, 1.54) is 19.3 Å². The van der Waals surface area contributed by atoms with Gasteiger partial charge in [0.15, 0.2) is 0 Å². The molecule has 1 aliphatic rings. The molecule has 0 aliphatic carbocycles. The van der Waals surface area contributed by atoms with Gasteiger partial charge in [-0.1, -0.05) is 0 Å². The summed E-state index contributed by atoms with van der Waals surface area (Å²) in [5.74, 6) is 0.797. The third kappa shape index (κ3) is 3.21. The third-order valence-corrected chi connectivity index (χ3v) is 2.43. The van der Waals surface area contributed by atoms with Crippen molar-refractivity contribution in [3.63, 3.8) is 0 Å². The molecular weight excluding hydrogens is 138 g/mol. The highest BCUT2D eigenvalue weighted by Crippen LogP contribution is 2.18. The summed E-state index contributed by atoms with van der Waals surface area (Å²) in [6.07, 6.45) is 3.86. The minimum atomic E-state index is 0.640. The fourth-order valence-electron chi connectivity index (χ4n) is 1.61. The van der Waals surface area contributed by atoms with E-state index in [1.54, 1.807) is 0 Å². The molecule has 2 atom stereocenters. The normalized spacial score (nSPS) is 28.4. The van der Waals surface area contributed by atoms with E-state index in [0.29, 0.717) is 6.04 Å². The molecule has 1 rings (SSSR count).